The lowest BCUT2D eigenvalue weighted by Crippen LogP contribution is -2.38. The van der Waals surface area contributed by atoms with Gasteiger partial charge in [0.1, 0.15) is 0 Å². The Hall–Kier alpha value is -1.14. The van der Waals surface area contributed by atoms with Gasteiger partial charge in [0, 0.05) is 37.5 Å². The van der Waals surface area contributed by atoms with E-state index in [1.165, 1.54) is 9.88 Å². The van der Waals surface area contributed by atoms with Crippen molar-refractivity contribution < 1.29 is 5.11 Å². The Labute approximate surface area is 151 Å². The van der Waals surface area contributed by atoms with Gasteiger partial charge in [-0.05, 0) is 45.4 Å². The van der Waals surface area contributed by atoms with Crippen molar-refractivity contribution in [1.29, 1.82) is 0 Å². The smallest absolute Gasteiger partial charge is 0.191 e. The molecule has 0 radical (unpaired) electrons. The number of nitrogens with one attached hydrogen (secondary N) is 2. The van der Waals surface area contributed by atoms with Crippen molar-refractivity contribution >= 4 is 17.3 Å². The van der Waals surface area contributed by atoms with Crippen LogP contribution in [0.5, 0.6) is 0 Å². The number of aliphatic hydroxyl groups excluding tert-OH is 1. The lowest BCUT2D eigenvalue weighted by atomic mass is 9.94. The normalized spacial score (nSPS) is 13.4. The summed E-state index contributed by atoms with van der Waals surface area (Å²) in [5.41, 5.74) is 1.14. The fourth-order valence-electron chi connectivity index (χ4n) is 2.63. The molecule has 6 heteroatoms. The van der Waals surface area contributed by atoms with E-state index in [9.17, 15) is 5.11 Å². The zero-order chi connectivity index (χ0) is 17.9. The van der Waals surface area contributed by atoms with Gasteiger partial charge in [0.2, 0.25) is 0 Å². The number of aliphatic hydroxyl groups is 1. The van der Waals surface area contributed by atoms with Gasteiger partial charge in [-0.15, -0.1) is 11.3 Å². The Morgan fingerprint density at radius 2 is 2.04 bits per heavy atom. The number of hydrogen-bond acceptors (Lipinski definition) is 4. The molecule has 138 valence electrons. The van der Waals surface area contributed by atoms with Crippen molar-refractivity contribution in [2.24, 2.45) is 16.8 Å². The molecule has 1 aromatic heterocycles. The van der Waals surface area contributed by atoms with Crippen LogP contribution in [0.3, 0.4) is 0 Å². The van der Waals surface area contributed by atoms with E-state index in [2.05, 4.69) is 50.2 Å². The van der Waals surface area contributed by atoms with Crippen molar-refractivity contribution in [1.82, 2.24) is 15.6 Å². The van der Waals surface area contributed by atoms with E-state index < -0.39 is 0 Å². The predicted octanol–water partition coefficient (Wildman–Crippen LogP) is 2.90. The van der Waals surface area contributed by atoms with Crippen molar-refractivity contribution in [3.05, 3.63) is 15.6 Å². The summed E-state index contributed by atoms with van der Waals surface area (Å²) < 4.78 is 0. The Bertz CT molecular complexity index is 480. The molecule has 0 aliphatic heterocycles. The summed E-state index contributed by atoms with van der Waals surface area (Å²) in [5.74, 6) is 1.92. The van der Waals surface area contributed by atoms with Crippen LogP contribution in [0, 0.1) is 25.7 Å². The molecule has 0 saturated heterocycles. The fourth-order valence-corrected chi connectivity index (χ4v) is 3.56. The first-order valence-corrected chi connectivity index (χ1v) is 9.83. The van der Waals surface area contributed by atoms with Gasteiger partial charge in [0.05, 0.1) is 10.7 Å². The van der Waals surface area contributed by atoms with E-state index in [1.54, 1.807) is 11.3 Å². The van der Waals surface area contributed by atoms with Crippen LogP contribution in [0.2, 0.25) is 0 Å². The van der Waals surface area contributed by atoms with E-state index in [0.717, 1.165) is 50.6 Å². The van der Waals surface area contributed by atoms with Crippen LogP contribution >= 0.6 is 11.3 Å². The first-order valence-electron chi connectivity index (χ1n) is 9.02. The monoisotopic (exact) mass is 354 g/mol. The molecule has 24 heavy (non-hydrogen) atoms. The SMILES string of the molecule is CCNC(=NCC(CCO)CC(C)C)NCCc1nc(C)c(C)s1. The first kappa shape index (κ1) is 20.9. The lowest BCUT2D eigenvalue weighted by molar-refractivity contribution is 0.245. The molecule has 0 spiro atoms. The molecule has 0 aromatic carbocycles. The standard InChI is InChI=1S/C18H34N4OS/c1-6-19-18(21-12-16(8-10-23)11-13(2)3)20-9-7-17-22-14(4)15(5)24-17/h13,16,23H,6-12H2,1-5H3,(H2,19,20,21). The maximum atomic E-state index is 9.22. The van der Waals surface area contributed by atoms with Gasteiger partial charge in [-0.25, -0.2) is 4.98 Å². The molecule has 0 fully saturated rings. The lowest BCUT2D eigenvalue weighted by Gasteiger charge is -2.17. The van der Waals surface area contributed by atoms with Crippen molar-refractivity contribution in [2.75, 3.05) is 26.2 Å². The third kappa shape index (κ3) is 8.11. The molecule has 1 unspecified atom stereocenters. The van der Waals surface area contributed by atoms with Crippen LogP contribution in [0.15, 0.2) is 4.99 Å². The van der Waals surface area contributed by atoms with E-state index in [1.807, 2.05) is 0 Å². The summed E-state index contributed by atoms with van der Waals surface area (Å²) in [6.07, 6.45) is 2.83. The van der Waals surface area contributed by atoms with Crippen LogP contribution in [0.25, 0.3) is 0 Å². The number of aliphatic imine (C=N–C) groups is 1. The molecular formula is C18H34N4OS. The largest absolute Gasteiger partial charge is 0.396 e. The molecule has 0 saturated carbocycles. The third-order valence-corrected chi connectivity index (χ3v) is 5.03. The molecule has 0 amide bonds. The second kappa shape index (κ2) is 11.4. The summed E-state index contributed by atoms with van der Waals surface area (Å²) >= 11 is 1.77. The van der Waals surface area contributed by atoms with Crippen molar-refractivity contribution in [3.8, 4) is 0 Å². The first-order chi connectivity index (χ1) is 11.5. The number of aryl methyl sites for hydroxylation is 2. The Morgan fingerprint density at radius 3 is 2.58 bits per heavy atom. The van der Waals surface area contributed by atoms with Gasteiger partial charge in [0.25, 0.3) is 0 Å². The highest BCUT2D eigenvalue weighted by atomic mass is 32.1. The minimum absolute atomic E-state index is 0.236. The number of guanidine groups is 1. The maximum absolute atomic E-state index is 9.22. The average molecular weight is 355 g/mol. The topological polar surface area (TPSA) is 69.5 Å². The van der Waals surface area contributed by atoms with Gasteiger partial charge in [0.15, 0.2) is 5.96 Å². The Morgan fingerprint density at radius 1 is 1.29 bits per heavy atom. The highest BCUT2D eigenvalue weighted by Crippen LogP contribution is 2.17. The minimum Gasteiger partial charge on any atom is -0.396 e. The summed E-state index contributed by atoms with van der Waals surface area (Å²) in [4.78, 5) is 10.6. The summed E-state index contributed by atoms with van der Waals surface area (Å²) in [7, 11) is 0. The zero-order valence-corrected chi connectivity index (χ0v) is 16.7. The Kier molecular flexibility index (Phi) is 9.95. The zero-order valence-electron chi connectivity index (χ0n) is 15.9. The fraction of sp³-hybridized carbons (Fsp3) is 0.778. The van der Waals surface area contributed by atoms with E-state index in [-0.39, 0.29) is 6.61 Å². The van der Waals surface area contributed by atoms with Gasteiger partial charge in [-0.2, -0.15) is 0 Å². The summed E-state index contributed by atoms with van der Waals surface area (Å²) in [5, 5.41) is 17.1. The highest BCUT2D eigenvalue weighted by molar-refractivity contribution is 7.11. The summed E-state index contributed by atoms with van der Waals surface area (Å²) in [6.45, 7) is 13.3. The predicted molar refractivity (Wildman–Crippen MR) is 104 cm³/mol. The molecular weight excluding hydrogens is 320 g/mol. The number of nitrogens with zero attached hydrogens (tertiary/aromatic N) is 2. The Balaban J connectivity index is 2.51. The van der Waals surface area contributed by atoms with Crippen molar-refractivity contribution in [3.63, 3.8) is 0 Å². The van der Waals surface area contributed by atoms with Crippen LogP contribution < -0.4 is 10.6 Å². The highest BCUT2D eigenvalue weighted by Gasteiger charge is 2.11. The van der Waals surface area contributed by atoms with Crippen LogP contribution in [0.1, 0.15) is 49.2 Å². The molecule has 0 aliphatic carbocycles. The average Bonchev–Trinajstić information content (AvgIpc) is 2.82. The number of rotatable bonds is 10. The van der Waals surface area contributed by atoms with E-state index >= 15 is 0 Å². The van der Waals surface area contributed by atoms with Crippen LogP contribution in [-0.2, 0) is 6.42 Å². The van der Waals surface area contributed by atoms with Crippen molar-refractivity contribution in [2.45, 2.75) is 53.9 Å². The number of thiazole rings is 1. The second-order valence-corrected chi connectivity index (χ2v) is 7.94. The molecule has 1 aromatic rings. The molecule has 1 heterocycles. The van der Waals surface area contributed by atoms with Gasteiger partial charge >= 0.3 is 0 Å². The number of aromatic nitrogens is 1. The molecule has 0 bridgehead atoms. The quantitative estimate of drug-likeness (QED) is 0.446. The van der Waals surface area contributed by atoms with E-state index in [0.29, 0.717) is 11.8 Å². The van der Waals surface area contributed by atoms with Gasteiger partial charge in [-0.3, -0.25) is 4.99 Å². The third-order valence-electron chi connectivity index (χ3n) is 3.90. The molecule has 3 N–H and O–H groups in total. The van der Waals surface area contributed by atoms with Crippen LogP contribution in [-0.4, -0.2) is 42.3 Å². The maximum Gasteiger partial charge on any atom is 0.191 e. The molecule has 1 atom stereocenters. The van der Waals surface area contributed by atoms with Gasteiger partial charge < -0.3 is 15.7 Å². The summed E-state index contributed by atoms with van der Waals surface area (Å²) in [6, 6.07) is 0. The molecule has 1 rings (SSSR count). The minimum atomic E-state index is 0.236. The number of hydrogen-bond donors (Lipinski definition) is 3. The van der Waals surface area contributed by atoms with E-state index in [4.69, 9.17) is 4.99 Å². The molecule has 5 nitrogen and oxygen atoms in total. The van der Waals surface area contributed by atoms with Gasteiger partial charge in [-0.1, -0.05) is 13.8 Å². The molecule has 0 aliphatic rings. The van der Waals surface area contributed by atoms with Crippen LogP contribution in [0.4, 0.5) is 0 Å². The second-order valence-electron chi connectivity index (χ2n) is 6.65.